The number of hydrogen-bond acceptors (Lipinski definition) is 4. The van der Waals surface area contributed by atoms with Crippen molar-refractivity contribution in [3.05, 3.63) is 221 Å². The van der Waals surface area contributed by atoms with Crippen LogP contribution in [0.25, 0.3) is 22.3 Å². The number of ether oxygens (including phenoxy) is 2. The Kier molecular flexibility index (Phi) is 10.0. The largest absolute Gasteiger partial charge is 0.458 e. The van der Waals surface area contributed by atoms with Crippen LogP contribution in [-0.4, -0.2) is 6.71 Å². The Morgan fingerprint density at radius 1 is 0.366 bits per heavy atom. The Bertz CT molecular complexity index is 3330. The fourth-order valence-corrected chi connectivity index (χ4v) is 12.4. The maximum Gasteiger partial charge on any atom is 0.260 e. The summed E-state index contributed by atoms with van der Waals surface area (Å²) in [5.41, 5.74) is 22.8. The first-order valence-corrected chi connectivity index (χ1v) is 25.6. The molecule has 9 aromatic rings. The summed E-state index contributed by atoms with van der Waals surface area (Å²) in [6, 6.07) is 69.7. The summed E-state index contributed by atoms with van der Waals surface area (Å²) in [6.45, 7) is 14.0. The topological polar surface area (TPSA) is 24.9 Å². The van der Waals surface area contributed by atoms with E-state index in [-0.39, 0.29) is 17.5 Å². The SMILES string of the molecule is CCCc1ccc(N(c2ccccc2)c2ccc3c(c2)C(C)(C)c2cc4c(cc2-3)Oc2cccc3c2B4c2cc4c(cc2O3)-c2ccc(N(c3ccccc3)c3ccc(CCC)cc3)cc2C4(C)C)cc1. The van der Waals surface area contributed by atoms with Crippen LogP contribution in [-0.2, 0) is 23.7 Å². The first-order valence-electron chi connectivity index (χ1n) is 25.6. The summed E-state index contributed by atoms with van der Waals surface area (Å²) in [5.74, 6) is 3.54. The molecule has 0 aromatic heterocycles. The van der Waals surface area contributed by atoms with Crippen molar-refractivity contribution in [2.45, 2.75) is 78.1 Å². The molecule has 13 rings (SSSR count). The van der Waals surface area contributed by atoms with Gasteiger partial charge in [0.05, 0.1) is 0 Å². The van der Waals surface area contributed by atoms with E-state index in [2.05, 4.69) is 239 Å². The first kappa shape index (κ1) is 43.3. The zero-order chi connectivity index (χ0) is 48.2. The van der Waals surface area contributed by atoms with Crippen LogP contribution in [0.15, 0.2) is 188 Å². The van der Waals surface area contributed by atoms with Crippen molar-refractivity contribution in [3.63, 3.8) is 0 Å². The number of anilines is 6. The molecular weight excluding hydrogens is 864 g/mol. The molecule has 0 unspecified atom stereocenters. The van der Waals surface area contributed by atoms with Gasteiger partial charge in [-0.25, -0.2) is 0 Å². The molecule has 0 N–H and O–H groups in total. The summed E-state index contributed by atoms with van der Waals surface area (Å²) < 4.78 is 13.9. The van der Waals surface area contributed by atoms with Gasteiger partial charge in [-0.1, -0.05) is 145 Å². The minimum atomic E-state index is -0.276. The van der Waals surface area contributed by atoms with E-state index in [1.165, 1.54) is 66.6 Å². The van der Waals surface area contributed by atoms with Crippen LogP contribution in [0.2, 0.25) is 0 Å². The number of nitrogens with zero attached hydrogens (tertiary/aromatic N) is 2. The molecule has 0 saturated heterocycles. The van der Waals surface area contributed by atoms with Crippen LogP contribution in [0.5, 0.6) is 23.0 Å². The van der Waals surface area contributed by atoms with E-state index in [0.717, 1.165) is 88.3 Å². The average molecular weight is 921 g/mol. The molecule has 0 fully saturated rings. The second-order valence-corrected chi connectivity index (χ2v) is 21.1. The molecule has 0 atom stereocenters. The zero-order valence-electron chi connectivity index (χ0n) is 41.5. The van der Waals surface area contributed by atoms with Gasteiger partial charge < -0.3 is 19.3 Å². The number of hydrogen-bond donors (Lipinski definition) is 0. The lowest BCUT2D eigenvalue weighted by atomic mass is 9.34. The Labute approximate surface area is 419 Å². The number of para-hydroxylation sites is 2. The van der Waals surface area contributed by atoms with Crippen molar-refractivity contribution in [1.82, 2.24) is 0 Å². The molecule has 0 amide bonds. The molecular formula is C66H57BN2O2. The van der Waals surface area contributed by atoms with Gasteiger partial charge in [-0.05, 0) is 176 Å². The van der Waals surface area contributed by atoms with E-state index >= 15 is 0 Å². The van der Waals surface area contributed by atoms with E-state index < -0.39 is 0 Å². The van der Waals surface area contributed by atoms with Crippen LogP contribution in [0.1, 0.15) is 87.8 Å². The molecule has 346 valence electrons. The monoisotopic (exact) mass is 920 g/mol. The van der Waals surface area contributed by atoms with Crippen LogP contribution < -0.4 is 35.7 Å². The Hall–Kier alpha value is -7.76. The van der Waals surface area contributed by atoms with Crippen molar-refractivity contribution in [2.24, 2.45) is 0 Å². The third-order valence-corrected chi connectivity index (χ3v) is 16.0. The van der Waals surface area contributed by atoms with Crippen molar-refractivity contribution in [2.75, 3.05) is 9.80 Å². The Morgan fingerprint density at radius 3 is 1.15 bits per heavy atom. The second-order valence-electron chi connectivity index (χ2n) is 21.1. The highest BCUT2D eigenvalue weighted by Gasteiger charge is 2.46. The fourth-order valence-electron chi connectivity index (χ4n) is 12.4. The first-order chi connectivity index (χ1) is 34.6. The van der Waals surface area contributed by atoms with Gasteiger partial charge in [0.15, 0.2) is 0 Å². The van der Waals surface area contributed by atoms with Crippen molar-refractivity contribution >= 4 is 57.2 Å². The highest BCUT2D eigenvalue weighted by Crippen LogP contribution is 2.54. The average Bonchev–Trinajstić information content (AvgIpc) is 3.74. The molecule has 0 saturated carbocycles. The lowest BCUT2D eigenvalue weighted by Crippen LogP contribution is -2.57. The van der Waals surface area contributed by atoms with Gasteiger partial charge in [-0.15, -0.1) is 0 Å². The van der Waals surface area contributed by atoms with E-state index in [1.807, 2.05) is 0 Å². The quantitative estimate of drug-likeness (QED) is 0.128. The molecule has 0 bridgehead atoms. The van der Waals surface area contributed by atoms with Gasteiger partial charge >= 0.3 is 0 Å². The minimum absolute atomic E-state index is 0.0667. The maximum absolute atomic E-state index is 6.97. The summed E-state index contributed by atoms with van der Waals surface area (Å²) in [6.07, 6.45) is 4.42. The molecule has 2 heterocycles. The van der Waals surface area contributed by atoms with Crippen LogP contribution >= 0.6 is 0 Å². The van der Waals surface area contributed by atoms with Crippen LogP contribution in [0.3, 0.4) is 0 Å². The highest BCUT2D eigenvalue weighted by molar-refractivity contribution is 6.98. The number of benzene rings is 9. The molecule has 0 radical (unpaired) electrons. The molecule has 9 aromatic carbocycles. The van der Waals surface area contributed by atoms with E-state index in [9.17, 15) is 0 Å². The standard InChI is InChI=1S/C66H57BN2O2/c1-7-16-42-24-28-46(29-25-42)68(44-18-11-9-12-19-44)48-32-34-50-52-38-62-58(40-56(52)65(3,4)54(50)36-48)67-59-41-57-53(39-63(59)71-61-23-15-22-60(70-62)64(61)67)51-35-33-49(37-55(51)66(57,5)6)69(45-20-13-10-14-21-45)47-30-26-43(17-8-2)27-31-47/h9-15,18-41H,7-8,16-17H2,1-6H3. The maximum atomic E-state index is 6.97. The smallest absolute Gasteiger partial charge is 0.260 e. The summed E-state index contributed by atoms with van der Waals surface area (Å²) >= 11 is 0. The van der Waals surface area contributed by atoms with Crippen molar-refractivity contribution < 1.29 is 9.47 Å². The molecule has 4 nitrogen and oxygen atoms in total. The Morgan fingerprint density at radius 2 is 0.746 bits per heavy atom. The summed E-state index contributed by atoms with van der Waals surface area (Å²) in [5, 5.41) is 0. The highest BCUT2D eigenvalue weighted by atomic mass is 16.5. The van der Waals surface area contributed by atoms with Crippen LogP contribution in [0, 0.1) is 0 Å². The molecule has 2 aliphatic heterocycles. The van der Waals surface area contributed by atoms with Crippen molar-refractivity contribution in [3.8, 4) is 45.3 Å². The normalized spacial score (nSPS) is 14.4. The predicted molar refractivity (Wildman–Crippen MR) is 297 cm³/mol. The molecule has 4 aliphatic rings. The zero-order valence-corrected chi connectivity index (χ0v) is 41.5. The molecule has 2 aliphatic carbocycles. The lowest BCUT2D eigenvalue weighted by molar-refractivity contribution is 0.464. The third kappa shape index (κ3) is 6.80. The Balaban J connectivity index is 0.901. The van der Waals surface area contributed by atoms with E-state index in [1.54, 1.807) is 0 Å². The van der Waals surface area contributed by atoms with Gasteiger partial charge in [-0.2, -0.15) is 0 Å². The fraction of sp³-hybridized carbons (Fsp3) is 0.182. The summed E-state index contributed by atoms with van der Waals surface area (Å²) in [4.78, 5) is 4.79. The minimum Gasteiger partial charge on any atom is -0.458 e. The van der Waals surface area contributed by atoms with Gasteiger partial charge in [0.1, 0.15) is 23.0 Å². The third-order valence-electron chi connectivity index (χ3n) is 16.0. The lowest BCUT2D eigenvalue weighted by Gasteiger charge is -2.35. The number of rotatable bonds is 10. The van der Waals surface area contributed by atoms with Gasteiger partial charge in [-0.3, -0.25) is 0 Å². The van der Waals surface area contributed by atoms with E-state index in [4.69, 9.17) is 9.47 Å². The predicted octanol–water partition coefficient (Wildman–Crippen LogP) is 15.9. The van der Waals surface area contributed by atoms with Gasteiger partial charge in [0.2, 0.25) is 0 Å². The molecule has 5 heteroatoms. The number of aryl methyl sites for hydroxylation is 2. The molecule has 71 heavy (non-hydrogen) atoms. The number of fused-ring (bicyclic) bond motifs is 10. The van der Waals surface area contributed by atoms with Gasteiger partial charge in [0, 0.05) is 50.4 Å². The molecule has 0 spiro atoms. The second kappa shape index (κ2) is 16.4. The van der Waals surface area contributed by atoms with Crippen LogP contribution in [0.4, 0.5) is 34.1 Å². The van der Waals surface area contributed by atoms with Gasteiger partial charge in [0.25, 0.3) is 6.71 Å². The summed E-state index contributed by atoms with van der Waals surface area (Å²) in [7, 11) is 0. The van der Waals surface area contributed by atoms with E-state index in [0.29, 0.717) is 0 Å². The van der Waals surface area contributed by atoms with Crippen molar-refractivity contribution in [1.29, 1.82) is 0 Å².